The molecule has 0 unspecified atom stereocenters. The molecule has 11 heteroatoms. The van der Waals surface area contributed by atoms with Crippen LogP contribution in [0.5, 0.6) is 0 Å². The minimum Gasteiger partial charge on any atom is -0.454 e. The van der Waals surface area contributed by atoms with Crippen LogP contribution >= 0.6 is 11.6 Å². The molecule has 0 spiro atoms. The zero-order chi connectivity index (χ0) is 20.6. The number of nitrogens with one attached hydrogen (secondary N) is 3. The highest BCUT2D eigenvalue weighted by Gasteiger charge is 2.24. The van der Waals surface area contributed by atoms with Crippen molar-refractivity contribution in [3.63, 3.8) is 0 Å². The Hall–Kier alpha value is -2.17. The number of carbonyl (C=O) groups excluding carboxylic acids is 3. The Balaban J connectivity index is 2.52. The van der Waals surface area contributed by atoms with E-state index in [1.807, 2.05) is 12.2 Å². The number of carbonyl (C=O) groups is 3. The molecule has 0 heterocycles. The number of ether oxygens (including phenoxy) is 1. The quantitative estimate of drug-likeness (QED) is 0.542. The van der Waals surface area contributed by atoms with Gasteiger partial charge in [-0.2, -0.15) is 4.72 Å². The van der Waals surface area contributed by atoms with Crippen LogP contribution in [0.2, 0.25) is 5.02 Å². The summed E-state index contributed by atoms with van der Waals surface area (Å²) in [5, 5.41) is 4.73. The first-order chi connectivity index (χ1) is 12.5. The fourth-order valence-corrected chi connectivity index (χ4v) is 3.26. The van der Waals surface area contributed by atoms with Gasteiger partial charge in [0.05, 0.1) is 4.90 Å². The van der Waals surface area contributed by atoms with Crippen molar-refractivity contribution in [3.8, 4) is 0 Å². The first-order valence-corrected chi connectivity index (χ1v) is 9.96. The molecule has 0 aliphatic carbocycles. The van der Waals surface area contributed by atoms with Crippen molar-refractivity contribution >= 4 is 39.5 Å². The molecule has 0 bridgehead atoms. The van der Waals surface area contributed by atoms with Crippen LogP contribution in [0.1, 0.15) is 27.2 Å². The number of amides is 3. The molecule has 3 amide bonds. The molecule has 0 saturated carbocycles. The van der Waals surface area contributed by atoms with Crippen molar-refractivity contribution in [2.45, 2.75) is 44.2 Å². The van der Waals surface area contributed by atoms with Gasteiger partial charge in [-0.15, -0.1) is 0 Å². The van der Waals surface area contributed by atoms with Gasteiger partial charge >= 0.3 is 12.0 Å². The average molecular weight is 420 g/mol. The summed E-state index contributed by atoms with van der Waals surface area (Å²) in [4.78, 5) is 34.8. The molecule has 2 atom stereocenters. The Morgan fingerprint density at radius 1 is 1.22 bits per heavy atom. The summed E-state index contributed by atoms with van der Waals surface area (Å²) in [5.74, 6) is -1.81. The van der Waals surface area contributed by atoms with Crippen LogP contribution in [0.15, 0.2) is 29.2 Å². The van der Waals surface area contributed by atoms with Gasteiger partial charge in [-0.25, -0.2) is 13.2 Å². The number of urea groups is 1. The van der Waals surface area contributed by atoms with Gasteiger partial charge in [0.15, 0.2) is 6.61 Å². The van der Waals surface area contributed by atoms with E-state index >= 15 is 0 Å². The summed E-state index contributed by atoms with van der Waals surface area (Å²) >= 11 is 5.76. The molecule has 9 nitrogen and oxygen atoms in total. The van der Waals surface area contributed by atoms with Crippen molar-refractivity contribution < 1.29 is 27.5 Å². The third kappa shape index (κ3) is 7.94. The number of rotatable bonds is 8. The highest BCUT2D eigenvalue weighted by atomic mass is 35.5. The Bertz CT molecular complexity index is 799. The minimum atomic E-state index is -4.00. The van der Waals surface area contributed by atoms with Crippen molar-refractivity contribution in [1.82, 2.24) is 15.4 Å². The summed E-state index contributed by atoms with van der Waals surface area (Å²) in [6, 6.07) is 3.42. The number of halogens is 1. The molecule has 1 aromatic carbocycles. The third-order valence-electron chi connectivity index (χ3n) is 3.38. The highest BCUT2D eigenvalue weighted by Crippen LogP contribution is 2.15. The lowest BCUT2D eigenvalue weighted by atomic mass is 10.3. The van der Waals surface area contributed by atoms with E-state index in [1.54, 1.807) is 6.92 Å². The second-order valence-electron chi connectivity index (χ2n) is 5.74. The zero-order valence-corrected chi connectivity index (χ0v) is 16.7. The van der Waals surface area contributed by atoms with Crippen LogP contribution in [-0.4, -0.2) is 45.0 Å². The van der Waals surface area contributed by atoms with E-state index in [0.717, 1.165) is 0 Å². The summed E-state index contributed by atoms with van der Waals surface area (Å²) in [6.45, 7) is 4.16. The molecule has 150 valence electrons. The highest BCUT2D eigenvalue weighted by molar-refractivity contribution is 7.89. The fraction of sp³-hybridized carbons (Fsp3) is 0.438. The normalized spacial score (nSPS) is 13.3. The summed E-state index contributed by atoms with van der Waals surface area (Å²) in [6.07, 6.45) is 0.681. The first kappa shape index (κ1) is 22.9. The maximum absolute atomic E-state index is 12.2. The number of sulfonamides is 1. The molecule has 0 saturated heterocycles. The Morgan fingerprint density at radius 3 is 2.48 bits per heavy atom. The topological polar surface area (TPSA) is 131 Å². The van der Waals surface area contributed by atoms with E-state index in [4.69, 9.17) is 16.3 Å². The lowest BCUT2D eigenvalue weighted by Gasteiger charge is -2.14. The Labute approximate surface area is 162 Å². The lowest BCUT2D eigenvalue weighted by Crippen LogP contribution is -2.45. The van der Waals surface area contributed by atoms with Crippen molar-refractivity contribution in [2.75, 3.05) is 6.61 Å². The third-order valence-corrected chi connectivity index (χ3v) is 5.15. The SMILES string of the molecule is CC[C@H](C)NC(=O)NC(=O)COC(=O)[C@H](C)NS(=O)(=O)c1cccc(Cl)c1. The molecule has 0 aliphatic heterocycles. The predicted molar refractivity (Wildman–Crippen MR) is 98.6 cm³/mol. The van der Waals surface area contributed by atoms with E-state index in [-0.39, 0.29) is 16.0 Å². The summed E-state index contributed by atoms with van der Waals surface area (Å²) in [5.41, 5.74) is 0. The molecular formula is C16H22ClN3O6S. The van der Waals surface area contributed by atoms with Crippen LogP contribution < -0.4 is 15.4 Å². The lowest BCUT2D eigenvalue weighted by molar-refractivity contribution is -0.149. The largest absolute Gasteiger partial charge is 0.454 e. The number of benzene rings is 1. The second kappa shape index (κ2) is 10.2. The monoisotopic (exact) mass is 419 g/mol. The molecule has 0 radical (unpaired) electrons. The van der Waals surface area contributed by atoms with Gasteiger partial charge in [0.2, 0.25) is 10.0 Å². The predicted octanol–water partition coefficient (Wildman–Crippen LogP) is 1.17. The average Bonchev–Trinajstić information content (AvgIpc) is 2.58. The van der Waals surface area contributed by atoms with Gasteiger partial charge in [-0.1, -0.05) is 24.6 Å². The van der Waals surface area contributed by atoms with Gasteiger partial charge < -0.3 is 10.1 Å². The van der Waals surface area contributed by atoms with E-state index in [2.05, 4.69) is 10.0 Å². The van der Waals surface area contributed by atoms with E-state index in [1.165, 1.54) is 31.2 Å². The molecular weight excluding hydrogens is 398 g/mol. The molecule has 3 N–H and O–H groups in total. The van der Waals surface area contributed by atoms with E-state index in [0.29, 0.717) is 6.42 Å². The van der Waals surface area contributed by atoms with Gasteiger partial charge in [-0.05, 0) is 38.5 Å². The van der Waals surface area contributed by atoms with Crippen molar-refractivity contribution in [1.29, 1.82) is 0 Å². The molecule has 0 aliphatic rings. The second-order valence-corrected chi connectivity index (χ2v) is 7.89. The van der Waals surface area contributed by atoms with Gasteiger partial charge in [-0.3, -0.25) is 14.9 Å². The minimum absolute atomic E-state index is 0.117. The number of esters is 1. The van der Waals surface area contributed by atoms with Crippen LogP contribution in [0, 0.1) is 0 Å². The standard InChI is InChI=1S/C16H22ClN3O6S/c1-4-10(2)18-16(23)19-14(21)9-26-15(22)11(3)20-27(24,25)13-7-5-6-12(17)8-13/h5-8,10-11,20H,4,9H2,1-3H3,(H2,18,19,21,23)/t10-,11-/m0/s1. The van der Waals surface area contributed by atoms with E-state index < -0.39 is 40.6 Å². The van der Waals surface area contributed by atoms with Gasteiger partial charge in [0.25, 0.3) is 5.91 Å². The van der Waals surface area contributed by atoms with Gasteiger partial charge in [0, 0.05) is 11.1 Å². The van der Waals surface area contributed by atoms with Crippen LogP contribution in [-0.2, 0) is 24.3 Å². The number of hydrogen-bond acceptors (Lipinski definition) is 6. The van der Waals surface area contributed by atoms with Gasteiger partial charge in [0.1, 0.15) is 6.04 Å². The maximum Gasteiger partial charge on any atom is 0.324 e. The fourth-order valence-electron chi connectivity index (χ4n) is 1.77. The molecule has 0 aromatic heterocycles. The maximum atomic E-state index is 12.2. The van der Waals surface area contributed by atoms with Crippen molar-refractivity contribution in [2.24, 2.45) is 0 Å². The summed E-state index contributed by atoms with van der Waals surface area (Å²) < 4.78 is 31.3. The van der Waals surface area contributed by atoms with E-state index in [9.17, 15) is 22.8 Å². The van der Waals surface area contributed by atoms with Crippen LogP contribution in [0.4, 0.5) is 4.79 Å². The molecule has 27 heavy (non-hydrogen) atoms. The number of imide groups is 1. The number of hydrogen-bond donors (Lipinski definition) is 3. The Kier molecular flexibility index (Phi) is 8.67. The molecule has 1 rings (SSSR count). The molecule has 0 fully saturated rings. The first-order valence-electron chi connectivity index (χ1n) is 8.10. The Morgan fingerprint density at radius 2 is 1.89 bits per heavy atom. The van der Waals surface area contributed by atoms with Crippen molar-refractivity contribution in [3.05, 3.63) is 29.3 Å². The molecule has 1 aromatic rings. The smallest absolute Gasteiger partial charge is 0.324 e. The summed E-state index contributed by atoms with van der Waals surface area (Å²) in [7, 11) is -4.00. The van der Waals surface area contributed by atoms with Crippen LogP contribution in [0.25, 0.3) is 0 Å². The van der Waals surface area contributed by atoms with Crippen LogP contribution in [0.3, 0.4) is 0 Å². The zero-order valence-electron chi connectivity index (χ0n) is 15.1.